The summed E-state index contributed by atoms with van der Waals surface area (Å²) in [5.74, 6) is 0. The van der Waals surface area contributed by atoms with E-state index in [1.165, 1.54) is 41.7 Å². The summed E-state index contributed by atoms with van der Waals surface area (Å²) in [6.07, 6.45) is 7.33. The molecule has 1 nitrogen and oxygen atoms in total. The zero-order valence-corrected chi connectivity index (χ0v) is 11.1. The lowest BCUT2D eigenvalue weighted by Crippen LogP contribution is -2.32. The van der Waals surface area contributed by atoms with E-state index in [9.17, 15) is 0 Å². The van der Waals surface area contributed by atoms with Crippen molar-refractivity contribution in [3.05, 3.63) is 29.3 Å². The van der Waals surface area contributed by atoms with E-state index in [0.29, 0.717) is 0 Å². The van der Waals surface area contributed by atoms with Gasteiger partial charge in [-0.05, 0) is 49.3 Å². The molecule has 0 amide bonds. The largest absolute Gasteiger partial charge is 0.330 e. The lowest BCUT2D eigenvalue weighted by molar-refractivity contribution is 0.450. The van der Waals surface area contributed by atoms with Crippen LogP contribution in [0.2, 0.25) is 0 Å². The van der Waals surface area contributed by atoms with E-state index in [4.69, 9.17) is 5.73 Å². The average Bonchev–Trinajstić information content (AvgIpc) is 2.78. The summed E-state index contributed by atoms with van der Waals surface area (Å²) in [7, 11) is 0. The highest BCUT2D eigenvalue weighted by Gasteiger charge is 2.35. The average molecular weight is 235 g/mol. The molecule has 0 aromatic heterocycles. The fourth-order valence-corrected chi connectivity index (χ4v) is 3.49. The molecule has 0 unspecified atom stereocenters. The van der Waals surface area contributed by atoms with Gasteiger partial charge in [0.15, 0.2) is 0 Å². The third-order valence-corrected chi connectivity index (χ3v) is 4.68. The number of benzene rings is 1. The van der Waals surface area contributed by atoms with Gasteiger partial charge in [-0.1, -0.05) is 18.9 Å². The van der Waals surface area contributed by atoms with Crippen molar-refractivity contribution in [2.24, 2.45) is 5.73 Å². The third kappa shape index (κ3) is 2.01. The molecule has 0 heterocycles. The van der Waals surface area contributed by atoms with E-state index < -0.39 is 0 Å². The van der Waals surface area contributed by atoms with Crippen molar-refractivity contribution in [3.63, 3.8) is 0 Å². The van der Waals surface area contributed by atoms with E-state index >= 15 is 0 Å². The minimum atomic E-state index is 0.279. The fraction of sp³-hybridized carbons (Fsp3) is 0.571. The molecule has 1 aliphatic carbocycles. The van der Waals surface area contributed by atoms with Gasteiger partial charge in [0.2, 0.25) is 0 Å². The van der Waals surface area contributed by atoms with Crippen LogP contribution in [0, 0.1) is 6.92 Å². The minimum Gasteiger partial charge on any atom is -0.330 e. The molecule has 1 fully saturated rings. The standard InChI is InChI=1S/C14H21NS/c1-11-9-12(16-2)5-6-13(11)14(10-15)7-3-4-8-14/h5-6,9H,3-4,7-8,10,15H2,1-2H3. The number of hydrogen-bond donors (Lipinski definition) is 1. The minimum absolute atomic E-state index is 0.279. The Balaban J connectivity index is 2.38. The molecule has 0 spiro atoms. The Hall–Kier alpha value is -0.470. The monoisotopic (exact) mass is 235 g/mol. The maximum absolute atomic E-state index is 6.04. The number of hydrogen-bond acceptors (Lipinski definition) is 2. The van der Waals surface area contributed by atoms with Gasteiger partial charge in [-0.25, -0.2) is 0 Å². The predicted octanol–water partition coefficient (Wildman–Crippen LogP) is 3.49. The van der Waals surface area contributed by atoms with Gasteiger partial charge in [-0.15, -0.1) is 11.8 Å². The molecule has 1 aromatic carbocycles. The molecular weight excluding hydrogens is 214 g/mol. The normalized spacial score (nSPS) is 18.9. The van der Waals surface area contributed by atoms with Crippen molar-refractivity contribution in [3.8, 4) is 0 Å². The summed E-state index contributed by atoms with van der Waals surface area (Å²) in [5.41, 5.74) is 9.22. The van der Waals surface area contributed by atoms with Crippen molar-refractivity contribution >= 4 is 11.8 Å². The van der Waals surface area contributed by atoms with Crippen molar-refractivity contribution in [1.82, 2.24) is 0 Å². The molecule has 0 saturated heterocycles. The molecule has 1 saturated carbocycles. The van der Waals surface area contributed by atoms with Gasteiger partial charge in [0.1, 0.15) is 0 Å². The van der Waals surface area contributed by atoms with Gasteiger partial charge in [0.25, 0.3) is 0 Å². The second-order valence-electron chi connectivity index (χ2n) is 4.87. The summed E-state index contributed by atoms with van der Waals surface area (Å²) >= 11 is 1.81. The number of aryl methyl sites for hydroxylation is 1. The van der Waals surface area contributed by atoms with Crippen molar-refractivity contribution in [1.29, 1.82) is 0 Å². The molecule has 2 heteroatoms. The highest BCUT2D eigenvalue weighted by Crippen LogP contribution is 2.42. The summed E-state index contributed by atoms with van der Waals surface area (Å²) in [4.78, 5) is 1.35. The first kappa shape index (κ1) is 12.0. The number of rotatable bonds is 3. The van der Waals surface area contributed by atoms with E-state index in [2.05, 4.69) is 31.4 Å². The van der Waals surface area contributed by atoms with E-state index in [0.717, 1.165) is 6.54 Å². The third-order valence-electron chi connectivity index (χ3n) is 3.96. The molecule has 1 aliphatic rings. The second-order valence-corrected chi connectivity index (χ2v) is 5.75. The Labute approximate surface area is 103 Å². The molecule has 0 atom stereocenters. The van der Waals surface area contributed by atoms with Crippen LogP contribution in [0.3, 0.4) is 0 Å². The van der Waals surface area contributed by atoms with Gasteiger partial charge >= 0.3 is 0 Å². The Bertz CT molecular complexity index is 367. The first-order valence-corrected chi connectivity index (χ1v) is 7.29. The fourth-order valence-electron chi connectivity index (χ4n) is 2.99. The van der Waals surface area contributed by atoms with Crippen LogP contribution in [0.25, 0.3) is 0 Å². The maximum atomic E-state index is 6.04. The molecule has 0 aliphatic heterocycles. The van der Waals surface area contributed by atoms with E-state index in [1.807, 2.05) is 11.8 Å². The Morgan fingerprint density at radius 2 is 2.00 bits per heavy atom. The zero-order valence-electron chi connectivity index (χ0n) is 10.3. The molecule has 16 heavy (non-hydrogen) atoms. The lowest BCUT2D eigenvalue weighted by atomic mass is 9.77. The lowest BCUT2D eigenvalue weighted by Gasteiger charge is -2.29. The molecule has 0 radical (unpaired) electrons. The van der Waals surface area contributed by atoms with Gasteiger partial charge in [-0.2, -0.15) is 0 Å². The Kier molecular flexibility index (Phi) is 3.60. The molecule has 2 N–H and O–H groups in total. The van der Waals surface area contributed by atoms with Crippen LogP contribution in [0.15, 0.2) is 23.1 Å². The molecular formula is C14H21NS. The van der Waals surface area contributed by atoms with Gasteiger partial charge < -0.3 is 5.73 Å². The first-order chi connectivity index (χ1) is 7.72. The van der Waals surface area contributed by atoms with Crippen LogP contribution in [-0.4, -0.2) is 12.8 Å². The zero-order chi connectivity index (χ0) is 11.6. The summed E-state index contributed by atoms with van der Waals surface area (Å²) in [5, 5.41) is 0. The quantitative estimate of drug-likeness (QED) is 0.812. The highest BCUT2D eigenvalue weighted by molar-refractivity contribution is 7.98. The highest BCUT2D eigenvalue weighted by atomic mass is 32.2. The van der Waals surface area contributed by atoms with E-state index in [1.54, 1.807) is 0 Å². The first-order valence-electron chi connectivity index (χ1n) is 6.07. The van der Waals surface area contributed by atoms with Crippen molar-refractivity contribution in [2.45, 2.75) is 42.9 Å². The number of nitrogens with two attached hydrogens (primary N) is 1. The van der Waals surface area contributed by atoms with Crippen LogP contribution in [0.1, 0.15) is 36.8 Å². The maximum Gasteiger partial charge on any atom is 0.00782 e. The second kappa shape index (κ2) is 4.80. The predicted molar refractivity (Wildman–Crippen MR) is 72.2 cm³/mol. The van der Waals surface area contributed by atoms with Crippen LogP contribution in [-0.2, 0) is 5.41 Å². The van der Waals surface area contributed by atoms with Crippen molar-refractivity contribution < 1.29 is 0 Å². The topological polar surface area (TPSA) is 26.0 Å². The summed E-state index contributed by atoms with van der Waals surface area (Å²) in [6.45, 7) is 3.03. The van der Waals surface area contributed by atoms with E-state index in [-0.39, 0.29) is 5.41 Å². The van der Waals surface area contributed by atoms with Crippen LogP contribution < -0.4 is 5.73 Å². The van der Waals surface area contributed by atoms with Crippen molar-refractivity contribution in [2.75, 3.05) is 12.8 Å². The van der Waals surface area contributed by atoms with Gasteiger partial charge in [-0.3, -0.25) is 0 Å². The molecule has 88 valence electrons. The van der Waals surface area contributed by atoms with Gasteiger partial charge in [0, 0.05) is 16.9 Å². The Morgan fingerprint density at radius 1 is 1.31 bits per heavy atom. The summed E-state index contributed by atoms with van der Waals surface area (Å²) in [6, 6.07) is 6.85. The SMILES string of the molecule is CSc1ccc(C2(CN)CCCC2)c(C)c1. The number of thioether (sulfide) groups is 1. The van der Waals surface area contributed by atoms with Crippen LogP contribution >= 0.6 is 11.8 Å². The molecule has 0 bridgehead atoms. The Morgan fingerprint density at radius 3 is 2.50 bits per heavy atom. The molecule has 1 aromatic rings. The van der Waals surface area contributed by atoms with Gasteiger partial charge in [0.05, 0.1) is 0 Å². The van der Waals surface area contributed by atoms with Crippen LogP contribution in [0.4, 0.5) is 0 Å². The van der Waals surface area contributed by atoms with Crippen LogP contribution in [0.5, 0.6) is 0 Å². The summed E-state index contributed by atoms with van der Waals surface area (Å²) < 4.78 is 0. The molecule has 2 rings (SSSR count). The smallest absolute Gasteiger partial charge is 0.00782 e.